The first-order valence-electron chi connectivity index (χ1n) is 6.48. The lowest BCUT2D eigenvalue weighted by Crippen LogP contribution is -2.44. The molecule has 0 saturated carbocycles. The fourth-order valence-corrected chi connectivity index (χ4v) is 3.31. The van der Waals surface area contributed by atoms with Crippen LogP contribution in [0.15, 0.2) is 12.1 Å². The van der Waals surface area contributed by atoms with Crippen molar-refractivity contribution in [2.24, 2.45) is 5.73 Å². The first kappa shape index (κ1) is 16.4. The van der Waals surface area contributed by atoms with Gasteiger partial charge in [0.1, 0.15) is 0 Å². The highest BCUT2D eigenvalue weighted by Gasteiger charge is 2.27. The summed E-state index contributed by atoms with van der Waals surface area (Å²) in [5.74, 6) is -0.00203. The van der Waals surface area contributed by atoms with Crippen molar-refractivity contribution in [3.8, 4) is 0 Å². The van der Waals surface area contributed by atoms with Crippen LogP contribution in [0, 0.1) is 0 Å². The van der Waals surface area contributed by atoms with Gasteiger partial charge >= 0.3 is 0 Å². The smallest absolute Gasteiger partial charge is 0.233 e. The highest BCUT2D eigenvalue weighted by Crippen LogP contribution is 2.32. The SMILES string of the molecule is CCC(N)C(c1ccc(Cl)s1)N(CC)CC(=O)NC. The summed E-state index contributed by atoms with van der Waals surface area (Å²) in [6, 6.07) is 3.90. The summed E-state index contributed by atoms with van der Waals surface area (Å²) in [5, 5.41) is 2.65. The maximum absolute atomic E-state index is 11.6. The van der Waals surface area contributed by atoms with Crippen LogP contribution in [-0.4, -0.2) is 37.0 Å². The average molecular weight is 304 g/mol. The van der Waals surface area contributed by atoms with Crippen LogP contribution in [0.25, 0.3) is 0 Å². The number of amides is 1. The molecule has 1 aromatic heterocycles. The third-order valence-electron chi connectivity index (χ3n) is 3.19. The molecule has 0 spiro atoms. The van der Waals surface area contributed by atoms with Crippen molar-refractivity contribution in [3.05, 3.63) is 21.3 Å². The van der Waals surface area contributed by atoms with E-state index in [2.05, 4.69) is 17.1 Å². The van der Waals surface area contributed by atoms with E-state index in [9.17, 15) is 4.79 Å². The minimum atomic E-state index is -0.0145. The Kier molecular flexibility index (Phi) is 6.79. The van der Waals surface area contributed by atoms with Gasteiger partial charge in [-0.3, -0.25) is 9.69 Å². The Morgan fingerprint density at radius 2 is 2.21 bits per heavy atom. The van der Waals surface area contributed by atoms with Gasteiger partial charge < -0.3 is 11.1 Å². The van der Waals surface area contributed by atoms with Gasteiger partial charge in [0.2, 0.25) is 5.91 Å². The van der Waals surface area contributed by atoms with Crippen LogP contribution >= 0.6 is 22.9 Å². The molecule has 0 aliphatic rings. The van der Waals surface area contributed by atoms with Gasteiger partial charge in [0.15, 0.2) is 0 Å². The Bertz CT molecular complexity index is 410. The number of likely N-dealkylation sites (N-methyl/N-ethyl adjacent to an activating group) is 2. The molecule has 0 aromatic carbocycles. The summed E-state index contributed by atoms with van der Waals surface area (Å²) in [6.45, 7) is 5.20. The van der Waals surface area contributed by atoms with Crippen LogP contribution in [0.3, 0.4) is 0 Å². The van der Waals surface area contributed by atoms with Gasteiger partial charge in [0.25, 0.3) is 0 Å². The number of rotatable bonds is 7. The van der Waals surface area contributed by atoms with Crippen LogP contribution < -0.4 is 11.1 Å². The topological polar surface area (TPSA) is 58.4 Å². The summed E-state index contributed by atoms with van der Waals surface area (Å²) in [6.07, 6.45) is 0.852. The number of thiophene rings is 1. The number of hydrogen-bond donors (Lipinski definition) is 2. The number of nitrogens with one attached hydrogen (secondary N) is 1. The molecule has 0 radical (unpaired) electrons. The largest absolute Gasteiger partial charge is 0.358 e. The highest BCUT2D eigenvalue weighted by molar-refractivity contribution is 7.16. The second-order valence-electron chi connectivity index (χ2n) is 4.40. The molecule has 3 N–H and O–H groups in total. The van der Waals surface area contributed by atoms with E-state index in [0.29, 0.717) is 6.54 Å². The van der Waals surface area contributed by atoms with Crippen LogP contribution in [0.5, 0.6) is 0 Å². The van der Waals surface area contributed by atoms with Crippen LogP contribution in [0.4, 0.5) is 0 Å². The Morgan fingerprint density at radius 3 is 2.63 bits per heavy atom. The Balaban J connectivity index is 2.97. The van der Waals surface area contributed by atoms with Crippen LogP contribution in [-0.2, 0) is 4.79 Å². The molecular formula is C13H22ClN3OS. The molecule has 1 heterocycles. The molecule has 108 valence electrons. The van der Waals surface area contributed by atoms with Crippen molar-refractivity contribution in [1.82, 2.24) is 10.2 Å². The third kappa shape index (κ3) is 4.45. The molecular weight excluding hydrogens is 282 g/mol. The highest BCUT2D eigenvalue weighted by atomic mass is 35.5. The van der Waals surface area contributed by atoms with E-state index in [1.807, 2.05) is 19.1 Å². The maximum Gasteiger partial charge on any atom is 0.233 e. The molecule has 2 atom stereocenters. The minimum Gasteiger partial charge on any atom is -0.358 e. The predicted octanol–water partition coefficient (Wildman–Crippen LogP) is 2.25. The quantitative estimate of drug-likeness (QED) is 0.812. The lowest BCUT2D eigenvalue weighted by atomic mass is 10.0. The van der Waals surface area contributed by atoms with Crippen molar-refractivity contribution in [2.75, 3.05) is 20.1 Å². The van der Waals surface area contributed by atoms with Crippen molar-refractivity contribution < 1.29 is 4.79 Å². The Hall–Kier alpha value is -0.620. The fraction of sp³-hybridized carbons (Fsp3) is 0.615. The van der Waals surface area contributed by atoms with E-state index in [0.717, 1.165) is 22.2 Å². The molecule has 0 aliphatic carbocycles. The molecule has 1 amide bonds. The third-order valence-corrected chi connectivity index (χ3v) is 4.49. The van der Waals surface area contributed by atoms with Gasteiger partial charge in [-0.15, -0.1) is 11.3 Å². The molecule has 1 aromatic rings. The Labute approximate surface area is 123 Å². The van der Waals surface area contributed by atoms with Crippen molar-refractivity contribution in [1.29, 1.82) is 0 Å². The van der Waals surface area contributed by atoms with Crippen LogP contribution in [0.2, 0.25) is 4.34 Å². The molecule has 2 unspecified atom stereocenters. The molecule has 0 bridgehead atoms. The van der Waals surface area contributed by atoms with Gasteiger partial charge in [-0.25, -0.2) is 0 Å². The molecule has 4 nitrogen and oxygen atoms in total. The second-order valence-corrected chi connectivity index (χ2v) is 6.14. The maximum atomic E-state index is 11.6. The van der Waals surface area contributed by atoms with Gasteiger partial charge in [0.05, 0.1) is 16.9 Å². The molecule has 0 saturated heterocycles. The number of nitrogens with zero attached hydrogens (tertiary/aromatic N) is 1. The monoisotopic (exact) mass is 303 g/mol. The molecule has 0 fully saturated rings. The zero-order valence-corrected chi connectivity index (χ0v) is 13.2. The zero-order valence-electron chi connectivity index (χ0n) is 11.6. The summed E-state index contributed by atoms with van der Waals surface area (Å²) < 4.78 is 0.749. The normalized spacial score (nSPS) is 14.4. The number of nitrogens with two attached hydrogens (primary N) is 1. The van der Waals surface area contributed by atoms with Crippen molar-refractivity contribution in [3.63, 3.8) is 0 Å². The van der Waals surface area contributed by atoms with Crippen molar-refractivity contribution >= 4 is 28.8 Å². The summed E-state index contributed by atoms with van der Waals surface area (Å²) in [5.41, 5.74) is 6.24. The van der Waals surface area contributed by atoms with Gasteiger partial charge in [-0.05, 0) is 25.1 Å². The van der Waals surface area contributed by atoms with E-state index < -0.39 is 0 Å². The van der Waals surface area contributed by atoms with E-state index in [1.165, 1.54) is 11.3 Å². The van der Waals surface area contributed by atoms with Gasteiger partial charge in [-0.2, -0.15) is 0 Å². The lowest BCUT2D eigenvalue weighted by Gasteiger charge is -2.33. The van der Waals surface area contributed by atoms with Gasteiger partial charge in [-0.1, -0.05) is 25.4 Å². The zero-order chi connectivity index (χ0) is 14.4. The van der Waals surface area contributed by atoms with E-state index in [1.54, 1.807) is 7.05 Å². The minimum absolute atomic E-state index is 0.00203. The van der Waals surface area contributed by atoms with E-state index >= 15 is 0 Å². The molecule has 19 heavy (non-hydrogen) atoms. The number of halogens is 1. The molecule has 1 rings (SSSR count). The van der Waals surface area contributed by atoms with E-state index in [4.69, 9.17) is 17.3 Å². The predicted molar refractivity (Wildman–Crippen MR) is 81.7 cm³/mol. The standard InChI is InChI=1S/C13H22ClN3OS/c1-4-9(15)13(10-6-7-11(14)19-10)17(5-2)8-12(18)16-3/h6-7,9,13H,4-5,8,15H2,1-3H3,(H,16,18). The molecule has 6 heteroatoms. The average Bonchev–Trinajstić information content (AvgIpc) is 2.83. The summed E-state index contributed by atoms with van der Waals surface area (Å²) in [4.78, 5) is 14.8. The first-order chi connectivity index (χ1) is 9.03. The number of carbonyl (C=O) groups is 1. The Morgan fingerprint density at radius 1 is 1.53 bits per heavy atom. The molecule has 0 aliphatic heterocycles. The van der Waals surface area contributed by atoms with E-state index in [-0.39, 0.29) is 18.0 Å². The second kappa shape index (κ2) is 7.85. The summed E-state index contributed by atoms with van der Waals surface area (Å²) >= 11 is 7.54. The first-order valence-corrected chi connectivity index (χ1v) is 7.68. The van der Waals surface area contributed by atoms with Gasteiger partial charge in [0, 0.05) is 18.0 Å². The summed E-state index contributed by atoms with van der Waals surface area (Å²) in [7, 11) is 1.65. The lowest BCUT2D eigenvalue weighted by molar-refractivity contribution is -0.122. The number of hydrogen-bond acceptors (Lipinski definition) is 4. The van der Waals surface area contributed by atoms with Crippen LogP contribution in [0.1, 0.15) is 31.2 Å². The fourth-order valence-electron chi connectivity index (χ4n) is 2.04. The van der Waals surface area contributed by atoms with Crippen molar-refractivity contribution in [2.45, 2.75) is 32.4 Å². The number of carbonyl (C=O) groups excluding carboxylic acids is 1.